The number of carbonyl (C=O) groups is 2. The Morgan fingerprint density at radius 1 is 0.641 bits per heavy atom. The number of Topliss-reactive ketones (excluding diaryl/α,β-unsaturated/α-hetero) is 1. The summed E-state index contributed by atoms with van der Waals surface area (Å²) in [6.45, 7) is 0.926. The zero-order valence-corrected chi connectivity index (χ0v) is 22.6. The Morgan fingerprint density at radius 3 is 1.62 bits per heavy atom. The van der Waals surface area contributed by atoms with Crippen LogP contribution in [0.5, 0.6) is 11.5 Å². The third-order valence-corrected chi connectivity index (χ3v) is 6.88. The molecule has 0 spiro atoms. The summed E-state index contributed by atoms with van der Waals surface area (Å²) >= 11 is 0. The second-order valence-corrected chi connectivity index (χ2v) is 9.60. The van der Waals surface area contributed by atoms with E-state index in [1.54, 1.807) is 14.2 Å². The van der Waals surface area contributed by atoms with Crippen LogP contribution in [0.25, 0.3) is 0 Å². The minimum absolute atomic E-state index is 0.0144. The first-order chi connectivity index (χ1) is 19.1. The van der Waals surface area contributed by atoms with Crippen molar-refractivity contribution in [2.45, 2.75) is 32.4 Å². The van der Waals surface area contributed by atoms with Gasteiger partial charge in [-0.1, -0.05) is 84.9 Å². The smallest absolute Gasteiger partial charge is 0.223 e. The predicted molar refractivity (Wildman–Crippen MR) is 154 cm³/mol. The number of nitrogens with zero attached hydrogens (tertiary/aromatic N) is 1. The van der Waals surface area contributed by atoms with Crippen LogP contribution < -0.4 is 9.47 Å². The number of amides is 1. The van der Waals surface area contributed by atoms with Gasteiger partial charge in [0.05, 0.1) is 14.2 Å². The second kappa shape index (κ2) is 14.0. The van der Waals surface area contributed by atoms with Gasteiger partial charge in [-0.05, 0) is 53.8 Å². The molecule has 1 atom stereocenters. The third kappa shape index (κ3) is 8.05. The highest BCUT2D eigenvalue weighted by atomic mass is 16.5. The molecule has 0 N–H and O–H groups in total. The van der Waals surface area contributed by atoms with Crippen LogP contribution in [0.4, 0.5) is 0 Å². The van der Waals surface area contributed by atoms with Crippen molar-refractivity contribution in [2.75, 3.05) is 14.2 Å². The largest absolute Gasteiger partial charge is 0.497 e. The van der Waals surface area contributed by atoms with E-state index in [1.165, 1.54) is 0 Å². The number of methoxy groups -OCH3 is 2. The van der Waals surface area contributed by atoms with Crippen molar-refractivity contribution in [3.8, 4) is 11.5 Å². The molecule has 0 aliphatic carbocycles. The Bertz CT molecular complexity index is 1270. The minimum Gasteiger partial charge on any atom is -0.497 e. The molecule has 200 valence electrons. The fourth-order valence-corrected chi connectivity index (χ4v) is 4.65. The Morgan fingerprint density at radius 2 is 1.13 bits per heavy atom. The van der Waals surface area contributed by atoms with Crippen LogP contribution in [0.3, 0.4) is 0 Å². The van der Waals surface area contributed by atoms with Crippen molar-refractivity contribution >= 4 is 11.7 Å². The Labute approximate surface area is 231 Å². The molecule has 0 aromatic heterocycles. The molecule has 0 heterocycles. The summed E-state index contributed by atoms with van der Waals surface area (Å²) < 4.78 is 10.6. The zero-order chi connectivity index (χ0) is 27.5. The third-order valence-electron chi connectivity index (χ3n) is 6.88. The maximum Gasteiger partial charge on any atom is 0.223 e. The van der Waals surface area contributed by atoms with E-state index < -0.39 is 0 Å². The normalized spacial score (nSPS) is 11.4. The molecule has 5 heteroatoms. The van der Waals surface area contributed by atoms with Crippen molar-refractivity contribution in [3.63, 3.8) is 0 Å². The summed E-state index contributed by atoms with van der Waals surface area (Å²) in [6.07, 6.45) is 1.35. The molecule has 0 aliphatic rings. The zero-order valence-electron chi connectivity index (χ0n) is 22.6. The minimum atomic E-state index is -0.289. The van der Waals surface area contributed by atoms with Crippen molar-refractivity contribution in [1.29, 1.82) is 0 Å². The van der Waals surface area contributed by atoms with Gasteiger partial charge in [-0.3, -0.25) is 9.59 Å². The van der Waals surface area contributed by atoms with Gasteiger partial charge in [-0.2, -0.15) is 0 Å². The van der Waals surface area contributed by atoms with Gasteiger partial charge in [0.1, 0.15) is 11.5 Å². The highest BCUT2D eigenvalue weighted by molar-refractivity contribution is 5.98. The first-order valence-corrected chi connectivity index (χ1v) is 13.2. The van der Waals surface area contributed by atoms with Gasteiger partial charge in [-0.25, -0.2) is 0 Å². The lowest BCUT2D eigenvalue weighted by molar-refractivity contribution is -0.132. The molecule has 0 bridgehead atoms. The number of rotatable bonds is 13. The lowest BCUT2D eigenvalue weighted by Gasteiger charge is -2.25. The molecule has 0 unspecified atom stereocenters. The van der Waals surface area contributed by atoms with Crippen LogP contribution in [0.1, 0.15) is 39.9 Å². The van der Waals surface area contributed by atoms with E-state index >= 15 is 0 Å². The molecule has 4 aromatic carbocycles. The topological polar surface area (TPSA) is 55.8 Å². The molecular weight excluding hydrogens is 486 g/mol. The number of carbonyl (C=O) groups excluding carboxylic acids is 2. The van der Waals surface area contributed by atoms with Crippen molar-refractivity contribution in [3.05, 3.63) is 131 Å². The van der Waals surface area contributed by atoms with Gasteiger partial charge >= 0.3 is 0 Å². The van der Waals surface area contributed by atoms with Crippen LogP contribution in [-0.4, -0.2) is 30.8 Å². The quantitative estimate of drug-likeness (QED) is 0.183. The summed E-state index contributed by atoms with van der Waals surface area (Å²) in [6, 6.07) is 34.9. The van der Waals surface area contributed by atoms with E-state index in [1.807, 2.05) is 114 Å². The Balaban J connectivity index is 1.52. The molecule has 4 rings (SSSR count). The summed E-state index contributed by atoms with van der Waals surface area (Å²) in [7, 11) is 3.27. The molecule has 1 amide bonds. The number of benzene rings is 4. The molecule has 5 nitrogen and oxygen atoms in total. The second-order valence-electron chi connectivity index (χ2n) is 9.60. The number of ketones is 1. The maximum atomic E-state index is 13.7. The highest BCUT2D eigenvalue weighted by Gasteiger charge is 2.23. The molecule has 4 aromatic rings. The van der Waals surface area contributed by atoms with Gasteiger partial charge in [-0.15, -0.1) is 0 Å². The van der Waals surface area contributed by atoms with E-state index in [4.69, 9.17) is 9.47 Å². The van der Waals surface area contributed by atoms with E-state index in [0.717, 1.165) is 28.2 Å². The van der Waals surface area contributed by atoms with Gasteiger partial charge in [0.2, 0.25) is 5.91 Å². The molecule has 0 radical (unpaired) electrons. The van der Waals surface area contributed by atoms with Gasteiger partial charge in [0, 0.05) is 31.0 Å². The van der Waals surface area contributed by atoms with Crippen LogP contribution >= 0.6 is 0 Å². The number of hydrogen-bond donors (Lipinski definition) is 0. The van der Waals surface area contributed by atoms with Gasteiger partial charge < -0.3 is 14.4 Å². The monoisotopic (exact) mass is 521 g/mol. The lowest BCUT2D eigenvalue weighted by atomic mass is 9.87. The molecule has 0 saturated heterocycles. The maximum absolute atomic E-state index is 13.7. The number of ether oxygens (including phenoxy) is 2. The van der Waals surface area contributed by atoms with Crippen LogP contribution in [0.2, 0.25) is 0 Å². The van der Waals surface area contributed by atoms with Gasteiger partial charge in [0.15, 0.2) is 5.78 Å². The van der Waals surface area contributed by atoms with Crippen molar-refractivity contribution in [1.82, 2.24) is 4.90 Å². The fraction of sp³-hybridized carbons (Fsp3) is 0.235. The van der Waals surface area contributed by atoms with Crippen molar-refractivity contribution < 1.29 is 19.1 Å². The SMILES string of the molecule is COc1ccc(CN(Cc2ccc(OC)cc2)C(=O)CC[C@@H](Cc2ccccc2)C(=O)c2ccccc2)cc1. The summed E-state index contributed by atoms with van der Waals surface area (Å²) in [5, 5.41) is 0. The fourth-order valence-electron chi connectivity index (χ4n) is 4.65. The predicted octanol–water partition coefficient (Wildman–Crippen LogP) is 6.75. The average Bonchev–Trinajstić information content (AvgIpc) is 3.00. The molecule has 0 fully saturated rings. The van der Waals surface area contributed by atoms with E-state index in [-0.39, 0.29) is 24.0 Å². The molecule has 0 aliphatic heterocycles. The van der Waals surface area contributed by atoms with Crippen LogP contribution in [0.15, 0.2) is 109 Å². The van der Waals surface area contributed by atoms with Gasteiger partial charge in [0.25, 0.3) is 0 Å². The molecule has 0 saturated carbocycles. The van der Waals surface area contributed by atoms with E-state index in [0.29, 0.717) is 31.5 Å². The van der Waals surface area contributed by atoms with E-state index in [2.05, 4.69) is 0 Å². The molecular formula is C34H35NO4. The standard InChI is InChI=1S/C34H35NO4/c1-38-31-18-13-27(14-19-31)24-35(25-28-15-20-32(39-2)21-16-28)33(36)22-17-30(23-26-9-5-3-6-10-26)34(37)29-11-7-4-8-12-29/h3-16,18-21,30H,17,22-25H2,1-2H3/t30-/m0/s1. The van der Waals surface area contributed by atoms with E-state index in [9.17, 15) is 9.59 Å². The first kappa shape index (κ1) is 27.6. The number of hydrogen-bond acceptors (Lipinski definition) is 4. The van der Waals surface area contributed by atoms with Crippen molar-refractivity contribution in [2.24, 2.45) is 5.92 Å². The Kier molecular flexibility index (Phi) is 9.90. The Hall–Kier alpha value is -4.38. The average molecular weight is 522 g/mol. The summed E-state index contributed by atoms with van der Waals surface area (Å²) in [5.74, 6) is 1.34. The summed E-state index contributed by atoms with van der Waals surface area (Å²) in [5.41, 5.74) is 3.80. The first-order valence-electron chi connectivity index (χ1n) is 13.2. The molecule has 39 heavy (non-hydrogen) atoms. The lowest BCUT2D eigenvalue weighted by Crippen LogP contribution is -2.31. The summed E-state index contributed by atoms with van der Waals surface area (Å²) in [4.78, 5) is 29.0. The van der Waals surface area contributed by atoms with Crippen LogP contribution in [-0.2, 0) is 24.3 Å². The van der Waals surface area contributed by atoms with Crippen LogP contribution in [0, 0.1) is 5.92 Å². The highest BCUT2D eigenvalue weighted by Crippen LogP contribution is 2.23.